The van der Waals surface area contributed by atoms with Gasteiger partial charge in [-0.3, -0.25) is 13.9 Å². The Hall–Kier alpha value is -4.34. The third-order valence-corrected chi connectivity index (χ3v) is 8.92. The Morgan fingerprint density at radius 1 is 0.841 bits per heavy atom. The van der Waals surface area contributed by atoms with Gasteiger partial charge in [-0.2, -0.15) is 0 Å². The van der Waals surface area contributed by atoms with E-state index in [9.17, 15) is 18.0 Å². The summed E-state index contributed by atoms with van der Waals surface area (Å²) >= 11 is 6.29. The molecule has 4 aromatic rings. The van der Waals surface area contributed by atoms with Gasteiger partial charge in [0.25, 0.3) is 10.0 Å². The SMILES string of the molecule is COc1cccc(N(CC(=O)N(Cc2cccc(Cl)c2)C(Cc2ccccc2)C(=O)NC(C)C)S(=O)(=O)c2ccccc2)c1. The van der Waals surface area contributed by atoms with Gasteiger partial charge in [0.15, 0.2) is 0 Å². The second-order valence-corrected chi connectivity index (χ2v) is 12.8. The molecule has 8 nitrogen and oxygen atoms in total. The van der Waals surface area contributed by atoms with Crippen LogP contribution in [0.2, 0.25) is 5.02 Å². The lowest BCUT2D eigenvalue weighted by molar-refractivity contribution is -0.140. The molecule has 0 saturated carbocycles. The van der Waals surface area contributed by atoms with Crippen molar-refractivity contribution in [1.29, 1.82) is 0 Å². The number of hydrogen-bond donors (Lipinski definition) is 1. The number of sulfonamides is 1. The number of carbonyl (C=O) groups is 2. The van der Waals surface area contributed by atoms with Crippen molar-refractivity contribution in [2.45, 2.75) is 43.8 Å². The molecule has 0 bridgehead atoms. The summed E-state index contributed by atoms with van der Waals surface area (Å²) in [6, 6.07) is 29.7. The predicted octanol–water partition coefficient (Wildman–Crippen LogP) is 5.71. The van der Waals surface area contributed by atoms with E-state index in [4.69, 9.17) is 16.3 Å². The highest BCUT2D eigenvalue weighted by atomic mass is 35.5. The smallest absolute Gasteiger partial charge is 0.264 e. The molecule has 0 aliphatic carbocycles. The van der Waals surface area contributed by atoms with Crippen molar-refractivity contribution in [3.8, 4) is 5.75 Å². The van der Waals surface area contributed by atoms with E-state index in [1.807, 2.05) is 50.2 Å². The zero-order valence-electron chi connectivity index (χ0n) is 24.9. The van der Waals surface area contributed by atoms with Gasteiger partial charge in [0, 0.05) is 30.1 Å². The fourth-order valence-corrected chi connectivity index (χ4v) is 6.42. The highest BCUT2D eigenvalue weighted by molar-refractivity contribution is 7.92. The van der Waals surface area contributed by atoms with Gasteiger partial charge in [-0.1, -0.05) is 78.3 Å². The number of carbonyl (C=O) groups excluding carboxylic acids is 2. The number of benzene rings is 4. The number of amides is 2. The number of nitrogens with zero attached hydrogens (tertiary/aromatic N) is 2. The van der Waals surface area contributed by atoms with Gasteiger partial charge in [-0.15, -0.1) is 0 Å². The van der Waals surface area contributed by atoms with Gasteiger partial charge in [0.05, 0.1) is 17.7 Å². The topological polar surface area (TPSA) is 96.0 Å². The fraction of sp³-hybridized carbons (Fsp3) is 0.235. The molecule has 1 N–H and O–H groups in total. The van der Waals surface area contributed by atoms with Crippen LogP contribution in [0, 0.1) is 0 Å². The number of halogens is 1. The third kappa shape index (κ3) is 8.39. The number of methoxy groups -OCH3 is 1. The molecule has 0 spiro atoms. The molecule has 1 atom stereocenters. The van der Waals surface area contributed by atoms with E-state index in [2.05, 4.69) is 5.32 Å². The second-order valence-electron chi connectivity index (χ2n) is 10.5. The zero-order valence-corrected chi connectivity index (χ0v) is 26.5. The van der Waals surface area contributed by atoms with E-state index in [-0.39, 0.29) is 35.5 Å². The molecule has 230 valence electrons. The molecule has 10 heteroatoms. The number of anilines is 1. The number of rotatable bonds is 13. The first-order chi connectivity index (χ1) is 21.1. The van der Waals surface area contributed by atoms with E-state index in [1.54, 1.807) is 60.7 Å². The maximum atomic E-state index is 14.4. The number of ether oxygens (including phenoxy) is 1. The summed E-state index contributed by atoms with van der Waals surface area (Å²) < 4.78 is 34.5. The van der Waals surface area contributed by atoms with Gasteiger partial charge in [-0.05, 0) is 61.4 Å². The predicted molar refractivity (Wildman–Crippen MR) is 173 cm³/mol. The summed E-state index contributed by atoms with van der Waals surface area (Å²) in [7, 11) is -2.72. The Balaban J connectivity index is 1.81. The van der Waals surface area contributed by atoms with Crippen LogP contribution in [0.25, 0.3) is 0 Å². The lowest BCUT2D eigenvalue weighted by Gasteiger charge is -2.34. The lowest BCUT2D eigenvalue weighted by atomic mass is 10.0. The third-order valence-electron chi connectivity index (χ3n) is 6.90. The molecule has 4 aromatic carbocycles. The Kier molecular flexibility index (Phi) is 11.0. The summed E-state index contributed by atoms with van der Waals surface area (Å²) in [6.07, 6.45) is 0.219. The molecule has 2 amide bonds. The van der Waals surface area contributed by atoms with Crippen molar-refractivity contribution in [3.05, 3.63) is 125 Å². The quantitative estimate of drug-likeness (QED) is 0.204. The Bertz CT molecular complexity index is 1670. The Morgan fingerprint density at radius 2 is 1.48 bits per heavy atom. The van der Waals surface area contributed by atoms with Crippen LogP contribution in [0.5, 0.6) is 5.75 Å². The molecule has 44 heavy (non-hydrogen) atoms. The summed E-state index contributed by atoms with van der Waals surface area (Å²) in [5.41, 5.74) is 1.79. The van der Waals surface area contributed by atoms with Crippen LogP contribution in [0.3, 0.4) is 0 Å². The van der Waals surface area contributed by atoms with Crippen LogP contribution < -0.4 is 14.4 Å². The first kappa shape index (κ1) is 32.6. The van der Waals surface area contributed by atoms with Gasteiger partial charge in [0.2, 0.25) is 11.8 Å². The maximum absolute atomic E-state index is 14.4. The van der Waals surface area contributed by atoms with Crippen LogP contribution >= 0.6 is 11.6 Å². The fourth-order valence-electron chi connectivity index (χ4n) is 4.78. The molecule has 0 aromatic heterocycles. The maximum Gasteiger partial charge on any atom is 0.264 e. The molecule has 0 fully saturated rings. The van der Waals surface area contributed by atoms with Gasteiger partial charge in [-0.25, -0.2) is 8.42 Å². The van der Waals surface area contributed by atoms with E-state index < -0.39 is 28.5 Å². The van der Waals surface area contributed by atoms with Crippen LogP contribution in [-0.4, -0.2) is 50.9 Å². The van der Waals surface area contributed by atoms with Gasteiger partial charge >= 0.3 is 0 Å². The van der Waals surface area contributed by atoms with Crippen LogP contribution in [0.15, 0.2) is 114 Å². The molecule has 4 rings (SSSR count). The van der Waals surface area contributed by atoms with Crippen LogP contribution in [0.1, 0.15) is 25.0 Å². The standard InChI is InChI=1S/C34H36ClN3O5S/c1-25(2)36-34(40)32(21-26-12-6-4-7-13-26)37(23-27-14-10-15-28(35)20-27)33(39)24-38(29-16-11-17-30(22-29)43-3)44(41,42)31-18-8-5-9-19-31/h4-20,22,25,32H,21,23-24H2,1-3H3,(H,36,40). The van der Waals surface area contributed by atoms with Crippen molar-refractivity contribution in [2.24, 2.45) is 0 Å². The summed E-state index contributed by atoms with van der Waals surface area (Å²) in [6.45, 7) is 3.15. The van der Waals surface area contributed by atoms with Crippen LogP contribution in [-0.2, 0) is 32.6 Å². The minimum Gasteiger partial charge on any atom is -0.497 e. The molecule has 0 aliphatic heterocycles. The molecule has 0 radical (unpaired) electrons. The van der Waals surface area contributed by atoms with E-state index >= 15 is 0 Å². The summed E-state index contributed by atoms with van der Waals surface area (Å²) in [5, 5.41) is 3.42. The van der Waals surface area contributed by atoms with E-state index in [1.165, 1.54) is 24.1 Å². The minimum atomic E-state index is -4.20. The van der Waals surface area contributed by atoms with Crippen molar-refractivity contribution in [1.82, 2.24) is 10.2 Å². The average molecular weight is 634 g/mol. The molecule has 1 unspecified atom stereocenters. The van der Waals surface area contributed by atoms with E-state index in [0.717, 1.165) is 9.87 Å². The molecule has 0 heterocycles. The highest BCUT2D eigenvalue weighted by Gasteiger charge is 2.35. The van der Waals surface area contributed by atoms with Gasteiger partial charge in [0.1, 0.15) is 18.3 Å². The van der Waals surface area contributed by atoms with Crippen molar-refractivity contribution < 1.29 is 22.7 Å². The largest absolute Gasteiger partial charge is 0.497 e. The molecular formula is C34H36ClN3O5S. The Labute approximate surface area is 264 Å². The normalized spacial score (nSPS) is 11.9. The van der Waals surface area contributed by atoms with Crippen molar-refractivity contribution >= 4 is 39.1 Å². The summed E-state index contributed by atoms with van der Waals surface area (Å²) in [5.74, 6) is -0.484. The number of hydrogen-bond acceptors (Lipinski definition) is 5. The van der Waals surface area contributed by atoms with Gasteiger partial charge < -0.3 is 15.0 Å². The first-order valence-corrected chi connectivity index (χ1v) is 16.0. The molecule has 0 aliphatic rings. The monoisotopic (exact) mass is 633 g/mol. The van der Waals surface area contributed by atoms with Crippen molar-refractivity contribution in [2.75, 3.05) is 18.0 Å². The molecule has 0 saturated heterocycles. The molecular weight excluding hydrogens is 598 g/mol. The number of nitrogens with one attached hydrogen (secondary N) is 1. The van der Waals surface area contributed by atoms with Crippen LogP contribution in [0.4, 0.5) is 5.69 Å². The van der Waals surface area contributed by atoms with E-state index in [0.29, 0.717) is 16.3 Å². The zero-order chi connectivity index (χ0) is 31.7. The lowest BCUT2D eigenvalue weighted by Crippen LogP contribution is -2.54. The average Bonchev–Trinajstić information content (AvgIpc) is 3.02. The Morgan fingerprint density at radius 3 is 2.11 bits per heavy atom. The minimum absolute atomic E-state index is 0.0235. The second kappa shape index (κ2) is 14.9. The highest BCUT2D eigenvalue weighted by Crippen LogP contribution is 2.28. The van der Waals surface area contributed by atoms with Crippen molar-refractivity contribution in [3.63, 3.8) is 0 Å². The summed E-state index contributed by atoms with van der Waals surface area (Å²) in [4.78, 5) is 29.6. The first-order valence-electron chi connectivity index (χ1n) is 14.2.